The van der Waals surface area contributed by atoms with Crippen molar-refractivity contribution in [3.05, 3.63) is 95.8 Å². The first-order valence-electron chi connectivity index (χ1n) is 10.9. The van der Waals surface area contributed by atoms with Crippen LogP contribution in [0, 0.1) is 0 Å². The Hall–Kier alpha value is -4.00. The summed E-state index contributed by atoms with van der Waals surface area (Å²) in [7, 11) is 1.62. The van der Waals surface area contributed by atoms with Crippen molar-refractivity contribution in [2.45, 2.75) is 31.8 Å². The smallest absolute Gasteiger partial charge is 0.243 e. The van der Waals surface area contributed by atoms with Gasteiger partial charge in [0.2, 0.25) is 11.8 Å². The van der Waals surface area contributed by atoms with E-state index in [0.29, 0.717) is 13.0 Å². The highest BCUT2D eigenvalue weighted by atomic mass is 16.5. The van der Waals surface area contributed by atoms with Crippen molar-refractivity contribution in [2.24, 2.45) is 5.10 Å². The Morgan fingerprint density at radius 1 is 1.00 bits per heavy atom. The maximum Gasteiger partial charge on any atom is 0.243 e. The fourth-order valence-corrected chi connectivity index (χ4v) is 3.76. The van der Waals surface area contributed by atoms with E-state index in [2.05, 4.69) is 15.4 Å². The minimum absolute atomic E-state index is 0.0837. The largest absolute Gasteiger partial charge is 0.497 e. The first-order chi connectivity index (χ1) is 16.1. The number of ether oxygens (including phenoxy) is 1. The van der Waals surface area contributed by atoms with Crippen LogP contribution in [0.2, 0.25) is 0 Å². The molecule has 0 radical (unpaired) electrons. The number of amides is 2. The number of hydrazone groups is 1. The molecule has 1 atom stereocenters. The molecule has 1 aliphatic heterocycles. The van der Waals surface area contributed by atoms with Gasteiger partial charge in [0.15, 0.2) is 0 Å². The fourth-order valence-electron chi connectivity index (χ4n) is 3.76. The second kappa shape index (κ2) is 10.5. The number of benzene rings is 2. The van der Waals surface area contributed by atoms with Crippen molar-refractivity contribution < 1.29 is 14.3 Å². The lowest BCUT2D eigenvalue weighted by Gasteiger charge is -2.22. The van der Waals surface area contributed by atoms with Gasteiger partial charge >= 0.3 is 0 Å². The zero-order valence-corrected chi connectivity index (χ0v) is 18.5. The standard InChI is InChI=1S/C26H26N4O3/c1-33-22-9-7-21(8-10-22)24-17-23(20-5-3-2-4-6-20)29-30(24)26(32)12-11-25(31)28-18-19-13-15-27-16-14-19/h2-10,13-16,24H,11-12,17-18H2,1H3,(H,28,31)/t24-/m1/s1. The van der Waals surface area contributed by atoms with Gasteiger partial charge in [-0.3, -0.25) is 14.6 Å². The third-order valence-electron chi connectivity index (χ3n) is 5.58. The Kier molecular flexibility index (Phi) is 7.09. The van der Waals surface area contributed by atoms with Crippen LogP contribution in [-0.2, 0) is 16.1 Å². The summed E-state index contributed by atoms with van der Waals surface area (Å²) in [6, 6.07) is 21.0. The average Bonchev–Trinajstić information content (AvgIpc) is 3.33. The molecule has 33 heavy (non-hydrogen) atoms. The van der Waals surface area contributed by atoms with Crippen molar-refractivity contribution in [2.75, 3.05) is 7.11 Å². The number of rotatable bonds is 8. The van der Waals surface area contributed by atoms with Crippen LogP contribution in [0.25, 0.3) is 0 Å². The number of hydrogen-bond acceptors (Lipinski definition) is 5. The molecule has 0 fully saturated rings. The Balaban J connectivity index is 1.44. The van der Waals surface area contributed by atoms with E-state index >= 15 is 0 Å². The summed E-state index contributed by atoms with van der Waals surface area (Å²) >= 11 is 0. The molecule has 1 N–H and O–H groups in total. The van der Waals surface area contributed by atoms with Crippen molar-refractivity contribution in [3.63, 3.8) is 0 Å². The van der Waals surface area contributed by atoms with Crippen LogP contribution in [0.4, 0.5) is 0 Å². The summed E-state index contributed by atoms with van der Waals surface area (Å²) in [5, 5.41) is 9.04. The molecule has 3 aromatic rings. The molecule has 0 unspecified atom stereocenters. The molecule has 0 bridgehead atoms. The summed E-state index contributed by atoms with van der Waals surface area (Å²) in [6.07, 6.45) is 4.16. The molecule has 2 heterocycles. The van der Waals surface area contributed by atoms with Crippen LogP contribution < -0.4 is 10.1 Å². The number of carbonyl (C=O) groups excluding carboxylic acids is 2. The van der Waals surface area contributed by atoms with Crippen LogP contribution in [0.3, 0.4) is 0 Å². The number of carbonyl (C=O) groups is 2. The third kappa shape index (κ3) is 5.63. The molecule has 1 aromatic heterocycles. The van der Waals surface area contributed by atoms with E-state index in [-0.39, 0.29) is 30.7 Å². The number of nitrogens with one attached hydrogen (secondary N) is 1. The fraction of sp³-hybridized carbons (Fsp3) is 0.231. The molecule has 2 aromatic carbocycles. The van der Waals surface area contributed by atoms with Crippen molar-refractivity contribution in [1.82, 2.24) is 15.3 Å². The van der Waals surface area contributed by atoms with Gasteiger partial charge in [-0.25, -0.2) is 5.01 Å². The first-order valence-corrected chi connectivity index (χ1v) is 10.9. The van der Waals surface area contributed by atoms with Gasteiger partial charge in [-0.1, -0.05) is 42.5 Å². The zero-order chi connectivity index (χ0) is 23.0. The first kappa shape index (κ1) is 22.2. The highest BCUT2D eigenvalue weighted by Gasteiger charge is 2.33. The topological polar surface area (TPSA) is 83.9 Å². The maximum atomic E-state index is 13.1. The van der Waals surface area contributed by atoms with E-state index in [4.69, 9.17) is 4.74 Å². The summed E-state index contributed by atoms with van der Waals surface area (Å²) in [5.41, 5.74) is 3.77. The molecular formula is C26H26N4O3. The van der Waals surface area contributed by atoms with Crippen LogP contribution >= 0.6 is 0 Å². The lowest BCUT2D eigenvalue weighted by Crippen LogP contribution is -2.29. The monoisotopic (exact) mass is 442 g/mol. The van der Waals surface area contributed by atoms with E-state index in [1.54, 1.807) is 19.5 Å². The second-order valence-corrected chi connectivity index (χ2v) is 7.78. The minimum atomic E-state index is -0.224. The summed E-state index contributed by atoms with van der Waals surface area (Å²) in [6.45, 7) is 0.407. The van der Waals surface area contributed by atoms with Crippen molar-refractivity contribution >= 4 is 17.5 Å². The number of methoxy groups -OCH3 is 1. The van der Waals surface area contributed by atoms with Crippen LogP contribution in [0.1, 0.15) is 42.0 Å². The van der Waals surface area contributed by atoms with Gasteiger partial charge < -0.3 is 10.1 Å². The highest BCUT2D eigenvalue weighted by Crippen LogP contribution is 2.34. The lowest BCUT2D eigenvalue weighted by atomic mass is 9.98. The quantitative estimate of drug-likeness (QED) is 0.574. The molecule has 0 saturated heterocycles. The van der Waals surface area contributed by atoms with Crippen LogP contribution in [0.15, 0.2) is 84.2 Å². The summed E-state index contributed by atoms with van der Waals surface area (Å²) in [5.74, 6) is 0.401. The molecule has 2 amide bonds. The van der Waals surface area contributed by atoms with Crippen LogP contribution in [0.5, 0.6) is 5.75 Å². The molecule has 0 spiro atoms. The Morgan fingerprint density at radius 2 is 1.73 bits per heavy atom. The highest BCUT2D eigenvalue weighted by molar-refractivity contribution is 6.03. The number of pyridine rings is 1. The molecule has 0 saturated carbocycles. The second-order valence-electron chi connectivity index (χ2n) is 7.78. The molecule has 7 nitrogen and oxygen atoms in total. The zero-order valence-electron chi connectivity index (χ0n) is 18.5. The molecular weight excluding hydrogens is 416 g/mol. The maximum absolute atomic E-state index is 13.1. The van der Waals surface area contributed by atoms with Crippen LogP contribution in [-0.4, -0.2) is 34.6 Å². The van der Waals surface area contributed by atoms with Crippen molar-refractivity contribution in [1.29, 1.82) is 0 Å². The van der Waals surface area contributed by atoms with Gasteiger partial charge in [0, 0.05) is 38.2 Å². The van der Waals surface area contributed by atoms with E-state index in [0.717, 1.165) is 28.2 Å². The van der Waals surface area contributed by atoms with Gasteiger partial charge in [-0.15, -0.1) is 0 Å². The predicted octanol–water partition coefficient (Wildman–Crippen LogP) is 3.86. The molecule has 4 rings (SSSR count). The minimum Gasteiger partial charge on any atom is -0.497 e. The normalized spacial score (nSPS) is 15.1. The van der Waals surface area contributed by atoms with Gasteiger partial charge in [-0.2, -0.15) is 5.10 Å². The van der Waals surface area contributed by atoms with Gasteiger partial charge in [-0.05, 0) is 41.0 Å². The summed E-state index contributed by atoms with van der Waals surface area (Å²) in [4.78, 5) is 29.4. The SMILES string of the molecule is COc1ccc([C@H]2CC(c3ccccc3)=NN2C(=O)CCC(=O)NCc2ccncc2)cc1. The van der Waals surface area contributed by atoms with E-state index < -0.39 is 0 Å². The van der Waals surface area contributed by atoms with E-state index in [1.807, 2.05) is 66.7 Å². The lowest BCUT2D eigenvalue weighted by molar-refractivity contribution is -0.135. The molecule has 0 aliphatic carbocycles. The number of nitrogens with zero attached hydrogens (tertiary/aromatic N) is 3. The molecule has 7 heteroatoms. The van der Waals surface area contributed by atoms with Crippen molar-refractivity contribution in [3.8, 4) is 5.75 Å². The summed E-state index contributed by atoms with van der Waals surface area (Å²) < 4.78 is 5.26. The number of aromatic nitrogens is 1. The van der Waals surface area contributed by atoms with E-state index in [1.165, 1.54) is 5.01 Å². The van der Waals surface area contributed by atoms with Gasteiger partial charge in [0.05, 0.1) is 18.9 Å². The Morgan fingerprint density at radius 3 is 2.42 bits per heavy atom. The predicted molar refractivity (Wildman–Crippen MR) is 125 cm³/mol. The molecule has 168 valence electrons. The third-order valence-corrected chi connectivity index (χ3v) is 5.58. The van der Waals surface area contributed by atoms with Gasteiger partial charge in [0.25, 0.3) is 0 Å². The van der Waals surface area contributed by atoms with Gasteiger partial charge in [0.1, 0.15) is 5.75 Å². The Labute approximate surface area is 193 Å². The molecule has 1 aliphatic rings. The average molecular weight is 443 g/mol. The number of hydrogen-bond donors (Lipinski definition) is 1. The Bertz CT molecular complexity index is 1120. The van der Waals surface area contributed by atoms with E-state index in [9.17, 15) is 9.59 Å².